The maximum Gasteiger partial charge on any atom is 0.359 e. The average Bonchev–Trinajstić information content (AvgIpc) is 2.70. The highest BCUT2D eigenvalue weighted by Crippen LogP contribution is 2.14. The number of rotatable bonds is 5. The fourth-order valence-electron chi connectivity index (χ4n) is 2.81. The van der Waals surface area contributed by atoms with Crippen LogP contribution < -0.4 is 5.56 Å². The number of carbonyl (C=O) groups is 2. The van der Waals surface area contributed by atoms with Gasteiger partial charge in [-0.1, -0.05) is 48.0 Å². The summed E-state index contributed by atoms with van der Waals surface area (Å²) in [5.41, 5.74) is 1.83. The molecule has 1 amide bonds. The van der Waals surface area contributed by atoms with Gasteiger partial charge in [0.25, 0.3) is 11.5 Å². The molecule has 144 valence electrons. The third-order valence-electron chi connectivity index (χ3n) is 4.44. The van der Waals surface area contributed by atoms with E-state index in [0.29, 0.717) is 17.3 Å². The number of esters is 1. The number of likely N-dealkylation sites (N-methyl/N-ethyl adjacent to an activating group) is 1. The first-order valence-electron chi connectivity index (χ1n) is 8.79. The molecule has 1 heterocycles. The van der Waals surface area contributed by atoms with Crippen molar-refractivity contribution < 1.29 is 14.3 Å². The van der Waals surface area contributed by atoms with E-state index in [-0.39, 0.29) is 17.2 Å². The van der Waals surface area contributed by atoms with Gasteiger partial charge in [0.15, 0.2) is 12.3 Å². The van der Waals surface area contributed by atoms with Crippen molar-refractivity contribution in [3.05, 3.63) is 75.7 Å². The van der Waals surface area contributed by atoms with Crippen LogP contribution in [-0.2, 0) is 23.1 Å². The van der Waals surface area contributed by atoms with Crippen LogP contribution in [0.25, 0.3) is 10.8 Å². The Kier molecular flexibility index (Phi) is 5.54. The zero-order valence-corrected chi connectivity index (χ0v) is 16.0. The first-order chi connectivity index (χ1) is 13.4. The van der Waals surface area contributed by atoms with Crippen LogP contribution in [0.5, 0.6) is 0 Å². The number of aromatic nitrogens is 2. The van der Waals surface area contributed by atoms with Gasteiger partial charge in [-0.15, -0.1) is 0 Å². The molecule has 1 aromatic heterocycles. The molecule has 0 radical (unpaired) electrons. The second-order valence-electron chi connectivity index (χ2n) is 6.63. The van der Waals surface area contributed by atoms with Gasteiger partial charge in [-0.3, -0.25) is 9.59 Å². The second kappa shape index (κ2) is 8.04. The van der Waals surface area contributed by atoms with Crippen LogP contribution in [0, 0.1) is 6.92 Å². The number of hydrogen-bond acceptors (Lipinski definition) is 5. The minimum absolute atomic E-state index is 0.00619. The highest BCUT2D eigenvalue weighted by molar-refractivity contribution is 6.02. The van der Waals surface area contributed by atoms with E-state index >= 15 is 0 Å². The zero-order valence-electron chi connectivity index (χ0n) is 16.0. The fraction of sp³-hybridized carbons (Fsp3) is 0.238. The molecule has 7 nitrogen and oxygen atoms in total. The van der Waals surface area contributed by atoms with E-state index in [2.05, 4.69) is 5.10 Å². The predicted octanol–water partition coefficient (Wildman–Crippen LogP) is 2.06. The standard InChI is InChI=1S/C21H21N3O4/c1-14-8-10-15(11-9-14)12-23(2)18(25)13-28-21(27)19-16-6-4-5-7-17(16)20(26)24(3)22-19/h4-11H,12-13H2,1-3H3. The average molecular weight is 379 g/mol. The predicted molar refractivity (Wildman–Crippen MR) is 105 cm³/mol. The highest BCUT2D eigenvalue weighted by Gasteiger charge is 2.19. The lowest BCUT2D eigenvalue weighted by Crippen LogP contribution is -2.31. The molecule has 0 saturated carbocycles. The summed E-state index contributed by atoms with van der Waals surface area (Å²) in [4.78, 5) is 38.4. The van der Waals surface area contributed by atoms with Crippen molar-refractivity contribution in [1.82, 2.24) is 14.7 Å². The van der Waals surface area contributed by atoms with Crippen LogP contribution in [0.4, 0.5) is 0 Å². The molecule has 7 heteroatoms. The molecule has 0 fully saturated rings. The molecule has 0 spiro atoms. The summed E-state index contributed by atoms with van der Waals surface area (Å²) >= 11 is 0. The van der Waals surface area contributed by atoms with Crippen LogP contribution in [0.15, 0.2) is 53.3 Å². The maximum atomic E-state index is 12.5. The number of benzene rings is 2. The summed E-state index contributed by atoms with van der Waals surface area (Å²) in [5.74, 6) is -1.08. The van der Waals surface area contributed by atoms with Crippen LogP contribution in [0.3, 0.4) is 0 Å². The number of hydrogen-bond donors (Lipinski definition) is 0. The lowest BCUT2D eigenvalue weighted by Gasteiger charge is -2.17. The van der Waals surface area contributed by atoms with Gasteiger partial charge < -0.3 is 9.64 Å². The smallest absolute Gasteiger partial charge is 0.359 e. The topological polar surface area (TPSA) is 81.5 Å². The van der Waals surface area contributed by atoms with E-state index in [0.717, 1.165) is 15.8 Å². The molecule has 0 N–H and O–H groups in total. The van der Waals surface area contributed by atoms with Crippen LogP contribution in [0.1, 0.15) is 21.6 Å². The molecule has 0 bridgehead atoms. The Labute approximate surface area is 162 Å². The van der Waals surface area contributed by atoms with E-state index in [9.17, 15) is 14.4 Å². The molecule has 3 rings (SSSR count). The minimum atomic E-state index is -0.746. The molecule has 0 unspecified atom stereocenters. The first-order valence-corrected chi connectivity index (χ1v) is 8.79. The Morgan fingerprint density at radius 1 is 1.07 bits per heavy atom. The zero-order chi connectivity index (χ0) is 20.3. The molecule has 0 saturated heterocycles. The van der Waals surface area contributed by atoms with E-state index in [4.69, 9.17) is 4.74 Å². The van der Waals surface area contributed by atoms with Gasteiger partial charge in [-0.05, 0) is 18.6 Å². The van der Waals surface area contributed by atoms with Gasteiger partial charge in [0, 0.05) is 26.0 Å². The van der Waals surface area contributed by atoms with Crippen molar-refractivity contribution in [3.8, 4) is 0 Å². The normalized spacial score (nSPS) is 10.7. The molecular weight excluding hydrogens is 358 g/mol. The molecule has 0 atom stereocenters. The van der Waals surface area contributed by atoms with E-state index in [1.165, 1.54) is 11.9 Å². The van der Waals surface area contributed by atoms with Crippen molar-refractivity contribution >= 4 is 22.6 Å². The number of aryl methyl sites for hydroxylation is 2. The summed E-state index contributed by atoms with van der Waals surface area (Å²) < 4.78 is 6.25. The lowest BCUT2D eigenvalue weighted by atomic mass is 10.1. The third kappa shape index (κ3) is 4.09. The Morgan fingerprint density at radius 3 is 2.39 bits per heavy atom. The maximum absolute atomic E-state index is 12.5. The molecule has 3 aromatic rings. The van der Waals surface area contributed by atoms with Gasteiger partial charge in [-0.25, -0.2) is 9.48 Å². The van der Waals surface area contributed by atoms with Crippen molar-refractivity contribution in [2.24, 2.45) is 7.05 Å². The number of fused-ring (bicyclic) bond motifs is 1. The van der Waals surface area contributed by atoms with E-state index < -0.39 is 12.6 Å². The van der Waals surface area contributed by atoms with Gasteiger partial charge in [0.05, 0.1) is 5.39 Å². The Hall–Kier alpha value is -3.48. The van der Waals surface area contributed by atoms with Crippen LogP contribution in [0.2, 0.25) is 0 Å². The van der Waals surface area contributed by atoms with Gasteiger partial charge in [0.2, 0.25) is 0 Å². The van der Waals surface area contributed by atoms with Crippen molar-refractivity contribution in [1.29, 1.82) is 0 Å². The Balaban J connectivity index is 1.69. The summed E-state index contributed by atoms with van der Waals surface area (Å²) in [6.45, 7) is 2.01. The largest absolute Gasteiger partial charge is 0.451 e. The number of carbonyl (C=O) groups excluding carboxylic acids is 2. The lowest BCUT2D eigenvalue weighted by molar-refractivity contribution is -0.133. The Morgan fingerprint density at radius 2 is 1.71 bits per heavy atom. The van der Waals surface area contributed by atoms with Gasteiger partial charge in [-0.2, -0.15) is 5.10 Å². The molecule has 0 aliphatic carbocycles. The minimum Gasteiger partial charge on any atom is -0.451 e. The van der Waals surface area contributed by atoms with Crippen molar-refractivity contribution in [2.75, 3.05) is 13.7 Å². The number of ether oxygens (including phenoxy) is 1. The summed E-state index contributed by atoms with van der Waals surface area (Å²) in [6, 6.07) is 14.5. The first kappa shape index (κ1) is 19.3. The molecule has 0 aliphatic rings. The monoisotopic (exact) mass is 379 g/mol. The van der Waals surface area contributed by atoms with E-state index in [1.807, 2.05) is 31.2 Å². The number of nitrogens with zero attached hydrogens (tertiary/aromatic N) is 3. The van der Waals surface area contributed by atoms with Crippen molar-refractivity contribution in [3.63, 3.8) is 0 Å². The molecular formula is C21H21N3O4. The fourth-order valence-corrected chi connectivity index (χ4v) is 2.81. The van der Waals surface area contributed by atoms with Crippen LogP contribution in [-0.4, -0.2) is 40.2 Å². The molecule has 28 heavy (non-hydrogen) atoms. The third-order valence-corrected chi connectivity index (χ3v) is 4.44. The Bertz CT molecular complexity index is 1090. The summed E-state index contributed by atoms with van der Waals surface area (Å²) in [5, 5.41) is 4.77. The molecule has 2 aromatic carbocycles. The quantitative estimate of drug-likeness (QED) is 0.634. The van der Waals surface area contributed by atoms with Crippen LogP contribution >= 0.6 is 0 Å². The summed E-state index contributed by atoms with van der Waals surface area (Å²) in [6.07, 6.45) is 0. The highest BCUT2D eigenvalue weighted by atomic mass is 16.5. The summed E-state index contributed by atoms with van der Waals surface area (Å²) in [7, 11) is 3.11. The van der Waals surface area contributed by atoms with Crippen molar-refractivity contribution in [2.45, 2.75) is 13.5 Å². The van der Waals surface area contributed by atoms with Gasteiger partial charge >= 0.3 is 5.97 Å². The van der Waals surface area contributed by atoms with Gasteiger partial charge in [0.1, 0.15) is 0 Å². The number of amides is 1. The second-order valence-corrected chi connectivity index (χ2v) is 6.63. The van der Waals surface area contributed by atoms with E-state index in [1.54, 1.807) is 31.3 Å². The molecule has 0 aliphatic heterocycles. The SMILES string of the molecule is Cc1ccc(CN(C)C(=O)COC(=O)c2nn(C)c(=O)c3ccccc23)cc1.